The van der Waals surface area contributed by atoms with Crippen LogP contribution in [0, 0.1) is 6.92 Å². The molecule has 0 spiro atoms. The molecule has 3 aromatic rings. The highest BCUT2D eigenvalue weighted by molar-refractivity contribution is 7.80. The van der Waals surface area contributed by atoms with Crippen molar-refractivity contribution in [2.75, 3.05) is 17.3 Å². The van der Waals surface area contributed by atoms with Gasteiger partial charge in [0.15, 0.2) is 0 Å². The molecule has 1 saturated heterocycles. The van der Waals surface area contributed by atoms with Gasteiger partial charge in [-0.15, -0.1) is 0 Å². The van der Waals surface area contributed by atoms with Crippen molar-refractivity contribution in [1.29, 1.82) is 0 Å². The van der Waals surface area contributed by atoms with Crippen molar-refractivity contribution in [2.45, 2.75) is 19.4 Å². The summed E-state index contributed by atoms with van der Waals surface area (Å²) in [4.78, 5) is 40.5. The Labute approximate surface area is 208 Å². The molecular weight excluding hydrogens is 464 g/mol. The van der Waals surface area contributed by atoms with Crippen LogP contribution in [-0.2, 0) is 9.59 Å². The van der Waals surface area contributed by atoms with Gasteiger partial charge in [0.2, 0.25) is 11.0 Å². The summed E-state index contributed by atoms with van der Waals surface area (Å²) in [5, 5.41) is 4.16. The van der Waals surface area contributed by atoms with E-state index in [1.165, 1.54) is 9.91 Å². The number of methoxy groups -OCH3 is 1. The Bertz CT molecular complexity index is 1260. The van der Waals surface area contributed by atoms with E-state index in [2.05, 4.69) is 10.7 Å². The molecule has 0 aliphatic carbocycles. The number of ether oxygens (including phenoxy) is 1. The van der Waals surface area contributed by atoms with Crippen molar-refractivity contribution >= 4 is 46.4 Å². The van der Waals surface area contributed by atoms with E-state index in [9.17, 15) is 14.4 Å². The number of benzene rings is 3. The van der Waals surface area contributed by atoms with Crippen LogP contribution in [0.2, 0.25) is 0 Å². The lowest BCUT2D eigenvalue weighted by atomic mass is 10.1. The van der Waals surface area contributed by atoms with E-state index >= 15 is 0 Å². The van der Waals surface area contributed by atoms with Crippen molar-refractivity contribution < 1.29 is 19.1 Å². The van der Waals surface area contributed by atoms with Gasteiger partial charge in [0, 0.05) is 11.3 Å². The first kappa shape index (κ1) is 23.9. The molecule has 9 heteroatoms. The zero-order valence-corrected chi connectivity index (χ0v) is 20.0. The average Bonchev–Trinajstić information content (AvgIpc) is 3.08. The highest BCUT2D eigenvalue weighted by Crippen LogP contribution is 2.28. The fourth-order valence-corrected chi connectivity index (χ4v) is 4.11. The number of carbonyl (C=O) groups is 3. The molecule has 35 heavy (non-hydrogen) atoms. The Morgan fingerprint density at radius 2 is 1.71 bits per heavy atom. The maximum absolute atomic E-state index is 13.5. The fourth-order valence-electron chi connectivity index (χ4n) is 3.74. The number of nitrogens with one attached hydrogen (secondary N) is 2. The Balaban J connectivity index is 1.60. The molecule has 0 unspecified atom stereocenters. The van der Waals surface area contributed by atoms with Crippen LogP contribution in [0.1, 0.15) is 22.3 Å². The molecule has 2 N–H and O–H groups in total. The normalized spacial score (nSPS) is 15.2. The molecule has 0 radical (unpaired) electrons. The monoisotopic (exact) mass is 488 g/mol. The van der Waals surface area contributed by atoms with Gasteiger partial charge < -0.3 is 10.1 Å². The summed E-state index contributed by atoms with van der Waals surface area (Å²) in [7, 11) is 1.55. The van der Waals surface area contributed by atoms with Gasteiger partial charge in [0.1, 0.15) is 11.8 Å². The molecule has 1 aliphatic heterocycles. The first-order chi connectivity index (χ1) is 16.9. The van der Waals surface area contributed by atoms with E-state index in [-0.39, 0.29) is 17.4 Å². The van der Waals surface area contributed by atoms with Crippen molar-refractivity contribution in [3.8, 4) is 5.75 Å². The van der Waals surface area contributed by atoms with Crippen LogP contribution in [0.3, 0.4) is 0 Å². The average molecular weight is 489 g/mol. The van der Waals surface area contributed by atoms with Crippen LogP contribution < -0.4 is 20.4 Å². The predicted octanol–water partition coefficient (Wildman–Crippen LogP) is 3.68. The fraction of sp³-hybridized carbons (Fsp3) is 0.154. The second-order valence-electron chi connectivity index (χ2n) is 7.97. The molecule has 0 aromatic heterocycles. The molecule has 178 valence electrons. The van der Waals surface area contributed by atoms with E-state index < -0.39 is 17.9 Å². The summed E-state index contributed by atoms with van der Waals surface area (Å²) < 4.78 is 5.19. The lowest BCUT2D eigenvalue weighted by molar-refractivity contribution is -0.124. The zero-order chi connectivity index (χ0) is 24.9. The standard InChI is InChI=1S/C26H24N4O4S/c1-17-7-6-10-19(15-17)27-23(31)16-22-25(33)29(20-11-13-21(34-2)14-12-20)26(35)30(22)28-24(32)18-8-4-3-5-9-18/h3-15,22H,16H2,1-2H3,(H,27,31)(H,28,32)/t22-/m0/s1. The Morgan fingerprint density at radius 1 is 1.00 bits per heavy atom. The number of nitrogens with zero attached hydrogens (tertiary/aromatic N) is 2. The molecule has 1 aliphatic rings. The van der Waals surface area contributed by atoms with Crippen LogP contribution in [0.15, 0.2) is 78.9 Å². The largest absolute Gasteiger partial charge is 0.497 e. The van der Waals surface area contributed by atoms with Gasteiger partial charge in [0.05, 0.1) is 19.2 Å². The van der Waals surface area contributed by atoms with E-state index in [1.807, 2.05) is 25.1 Å². The Hall–Kier alpha value is -4.24. The molecule has 1 atom stereocenters. The van der Waals surface area contributed by atoms with Gasteiger partial charge in [0.25, 0.3) is 11.8 Å². The molecular formula is C26H24N4O4S. The summed E-state index contributed by atoms with van der Waals surface area (Å²) in [5.41, 5.74) is 5.22. The maximum atomic E-state index is 13.5. The number of thiocarbonyl (C=S) groups is 1. The van der Waals surface area contributed by atoms with E-state index in [0.717, 1.165) is 5.56 Å². The summed E-state index contributed by atoms with van der Waals surface area (Å²) >= 11 is 5.58. The third-order valence-electron chi connectivity index (χ3n) is 5.48. The van der Waals surface area contributed by atoms with Crippen molar-refractivity contribution in [1.82, 2.24) is 10.4 Å². The first-order valence-electron chi connectivity index (χ1n) is 10.9. The van der Waals surface area contributed by atoms with E-state index in [4.69, 9.17) is 17.0 Å². The number of amides is 3. The molecule has 3 aromatic carbocycles. The molecule has 4 rings (SSSR count). The summed E-state index contributed by atoms with van der Waals surface area (Å²) in [6.45, 7) is 1.92. The number of carbonyl (C=O) groups excluding carboxylic acids is 3. The SMILES string of the molecule is COc1ccc(N2C(=O)[C@H](CC(=O)Nc3cccc(C)c3)N(NC(=O)c3ccccc3)C2=S)cc1. The second-order valence-corrected chi connectivity index (χ2v) is 8.33. The maximum Gasteiger partial charge on any atom is 0.269 e. The third kappa shape index (κ3) is 5.30. The van der Waals surface area contributed by atoms with Crippen LogP contribution in [0.25, 0.3) is 0 Å². The quantitative estimate of drug-likeness (QED) is 0.493. The number of anilines is 2. The molecule has 1 fully saturated rings. The number of hydrogen-bond acceptors (Lipinski definition) is 5. The van der Waals surface area contributed by atoms with Crippen LogP contribution in [0.4, 0.5) is 11.4 Å². The van der Waals surface area contributed by atoms with Crippen molar-refractivity contribution in [3.05, 3.63) is 90.0 Å². The van der Waals surface area contributed by atoms with E-state index in [1.54, 1.807) is 67.8 Å². The Morgan fingerprint density at radius 3 is 2.37 bits per heavy atom. The van der Waals surface area contributed by atoms with Gasteiger partial charge in [-0.25, -0.2) is 5.01 Å². The van der Waals surface area contributed by atoms with Crippen molar-refractivity contribution in [3.63, 3.8) is 0 Å². The number of rotatable bonds is 7. The summed E-state index contributed by atoms with van der Waals surface area (Å²) in [6.07, 6.45) is -0.214. The topological polar surface area (TPSA) is 91.0 Å². The highest BCUT2D eigenvalue weighted by atomic mass is 32.1. The predicted molar refractivity (Wildman–Crippen MR) is 137 cm³/mol. The summed E-state index contributed by atoms with van der Waals surface area (Å²) in [5.74, 6) is -0.628. The zero-order valence-electron chi connectivity index (χ0n) is 19.2. The smallest absolute Gasteiger partial charge is 0.269 e. The van der Waals surface area contributed by atoms with E-state index in [0.29, 0.717) is 22.7 Å². The van der Waals surface area contributed by atoms with Crippen LogP contribution in [0.5, 0.6) is 5.75 Å². The minimum atomic E-state index is -1.03. The van der Waals surface area contributed by atoms with Gasteiger partial charge in [-0.2, -0.15) is 0 Å². The molecule has 3 amide bonds. The minimum Gasteiger partial charge on any atom is -0.497 e. The van der Waals surface area contributed by atoms with Gasteiger partial charge in [-0.05, 0) is 73.2 Å². The lowest BCUT2D eigenvalue weighted by Crippen LogP contribution is -2.49. The number of hydrogen-bond donors (Lipinski definition) is 2. The Kier molecular flexibility index (Phi) is 7.07. The second kappa shape index (κ2) is 10.4. The van der Waals surface area contributed by atoms with Crippen molar-refractivity contribution in [2.24, 2.45) is 0 Å². The molecule has 0 saturated carbocycles. The van der Waals surface area contributed by atoms with Gasteiger partial charge >= 0.3 is 0 Å². The third-order valence-corrected chi connectivity index (χ3v) is 5.86. The van der Waals surface area contributed by atoms with Crippen LogP contribution >= 0.6 is 12.2 Å². The minimum absolute atomic E-state index is 0.0674. The molecule has 8 nitrogen and oxygen atoms in total. The highest BCUT2D eigenvalue weighted by Gasteiger charge is 2.45. The molecule has 0 bridgehead atoms. The lowest BCUT2D eigenvalue weighted by Gasteiger charge is -2.24. The number of aryl methyl sites for hydroxylation is 1. The first-order valence-corrected chi connectivity index (χ1v) is 11.3. The number of hydrazine groups is 1. The van der Waals surface area contributed by atoms with Gasteiger partial charge in [-0.1, -0.05) is 30.3 Å². The summed E-state index contributed by atoms with van der Waals surface area (Å²) in [6, 6.07) is 21.7. The van der Waals surface area contributed by atoms with Gasteiger partial charge in [-0.3, -0.25) is 24.7 Å². The van der Waals surface area contributed by atoms with Crippen LogP contribution in [-0.4, -0.2) is 41.0 Å². The molecule has 1 heterocycles.